The third-order valence-corrected chi connectivity index (χ3v) is 3.98. The molecule has 0 amide bonds. The first-order valence-electron chi connectivity index (χ1n) is 7.18. The molecule has 6 heteroatoms. The number of pyridine rings is 1. The molecule has 21 heavy (non-hydrogen) atoms. The van der Waals surface area contributed by atoms with E-state index in [4.69, 9.17) is 4.74 Å². The fourth-order valence-corrected chi connectivity index (χ4v) is 2.56. The Hall–Kier alpha value is -1.50. The van der Waals surface area contributed by atoms with Gasteiger partial charge in [-0.1, -0.05) is 0 Å². The van der Waals surface area contributed by atoms with E-state index in [9.17, 15) is 9.90 Å². The molecule has 2 rings (SSSR count). The number of hydrogen-bond acceptors (Lipinski definition) is 6. The van der Waals surface area contributed by atoms with Gasteiger partial charge in [0.25, 0.3) is 0 Å². The third-order valence-electron chi connectivity index (χ3n) is 3.98. The number of methoxy groups -OCH3 is 1. The van der Waals surface area contributed by atoms with E-state index in [2.05, 4.69) is 21.8 Å². The Bertz CT molecular complexity index is 447. The van der Waals surface area contributed by atoms with Crippen LogP contribution in [0.4, 0.5) is 0 Å². The van der Waals surface area contributed by atoms with Crippen molar-refractivity contribution in [1.29, 1.82) is 0 Å². The van der Waals surface area contributed by atoms with Crippen molar-refractivity contribution < 1.29 is 14.6 Å². The van der Waals surface area contributed by atoms with Gasteiger partial charge in [0.15, 0.2) is 0 Å². The lowest BCUT2D eigenvalue weighted by molar-refractivity contribution is -0.150. The van der Waals surface area contributed by atoms with Gasteiger partial charge in [-0.25, -0.2) is 0 Å². The monoisotopic (exact) mass is 293 g/mol. The summed E-state index contributed by atoms with van der Waals surface area (Å²) in [6.45, 7) is 4.24. The quantitative estimate of drug-likeness (QED) is 0.780. The first-order chi connectivity index (χ1) is 10.1. The van der Waals surface area contributed by atoms with E-state index in [0.29, 0.717) is 12.1 Å². The highest BCUT2D eigenvalue weighted by atomic mass is 16.5. The maximum atomic E-state index is 12.0. The van der Waals surface area contributed by atoms with Gasteiger partial charge >= 0.3 is 5.97 Å². The van der Waals surface area contributed by atoms with Crippen LogP contribution in [-0.2, 0) is 9.53 Å². The number of carbonyl (C=O) groups excluding carboxylic acids is 1. The minimum Gasteiger partial charge on any atom is -0.469 e. The number of aromatic nitrogens is 1. The maximum Gasteiger partial charge on any atom is 0.312 e. The van der Waals surface area contributed by atoms with Crippen molar-refractivity contribution in [3.8, 4) is 0 Å². The van der Waals surface area contributed by atoms with Gasteiger partial charge in [0.1, 0.15) is 0 Å². The van der Waals surface area contributed by atoms with E-state index in [1.54, 1.807) is 24.5 Å². The Morgan fingerprint density at radius 1 is 1.33 bits per heavy atom. The molecule has 0 unspecified atom stereocenters. The first-order valence-corrected chi connectivity index (χ1v) is 7.18. The lowest BCUT2D eigenvalue weighted by Gasteiger charge is -2.35. The summed E-state index contributed by atoms with van der Waals surface area (Å²) in [7, 11) is 3.44. The van der Waals surface area contributed by atoms with Crippen LogP contribution >= 0.6 is 0 Å². The predicted octanol–water partition coefficient (Wildman–Crippen LogP) is 0.152. The Balaban J connectivity index is 2.06. The highest BCUT2D eigenvalue weighted by Gasteiger charge is 2.31. The summed E-state index contributed by atoms with van der Waals surface area (Å²) >= 11 is 0. The van der Waals surface area contributed by atoms with E-state index in [1.807, 2.05) is 0 Å². The number of ether oxygens (including phenoxy) is 1. The zero-order valence-corrected chi connectivity index (χ0v) is 12.6. The second kappa shape index (κ2) is 7.49. The molecule has 1 N–H and O–H groups in total. The molecule has 1 aromatic rings. The highest BCUT2D eigenvalue weighted by molar-refractivity contribution is 5.73. The second-order valence-electron chi connectivity index (χ2n) is 5.46. The molecule has 0 radical (unpaired) electrons. The fraction of sp³-hybridized carbons (Fsp3) is 0.600. The number of esters is 1. The molecule has 1 aromatic heterocycles. The van der Waals surface area contributed by atoms with E-state index in [0.717, 1.165) is 26.2 Å². The van der Waals surface area contributed by atoms with Crippen LogP contribution in [0.3, 0.4) is 0 Å². The SMILES string of the molecule is COC(=O)[C@@H](CN1CCN(C)CC1)[C@@H](O)c1ccncc1. The normalized spacial score (nSPS) is 20.0. The molecule has 0 saturated carbocycles. The summed E-state index contributed by atoms with van der Waals surface area (Å²) in [4.78, 5) is 20.4. The van der Waals surface area contributed by atoms with E-state index in [-0.39, 0.29) is 5.97 Å². The van der Waals surface area contributed by atoms with Crippen LogP contribution in [0.5, 0.6) is 0 Å². The smallest absolute Gasteiger partial charge is 0.312 e. The van der Waals surface area contributed by atoms with Crippen molar-refractivity contribution in [3.63, 3.8) is 0 Å². The number of hydrogen-bond donors (Lipinski definition) is 1. The van der Waals surface area contributed by atoms with Crippen LogP contribution < -0.4 is 0 Å². The van der Waals surface area contributed by atoms with Gasteiger partial charge in [0.2, 0.25) is 0 Å². The maximum absolute atomic E-state index is 12.0. The molecule has 6 nitrogen and oxygen atoms in total. The van der Waals surface area contributed by atoms with Crippen molar-refractivity contribution >= 4 is 5.97 Å². The third kappa shape index (κ3) is 4.23. The minimum absolute atomic E-state index is 0.377. The van der Waals surface area contributed by atoms with Gasteiger partial charge in [0.05, 0.1) is 19.1 Å². The number of nitrogens with zero attached hydrogens (tertiary/aromatic N) is 3. The van der Waals surface area contributed by atoms with Crippen molar-refractivity contribution in [2.45, 2.75) is 6.10 Å². The molecule has 1 aliphatic heterocycles. The van der Waals surface area contributed by atoms with Gasteiger partial charge < -0.3 is 14.7 Å². The van der Waals surface area contributed by atoms with Crippen LogP contribution in [0, 0.1) is 5.92 Å². The standard InChI is InChI=1S/C15H23N3O3/c1-17-7-9-18(10-8-17)11-13(15(20)21-2)14(19)12-3-5-16-6-4-12/h3-6,13-14,19H,7-11H2,1-2H3/t13-,14-/m0/s1. The second-order valence-corrected chi connectivity index (χ2v) is 5.46. The van der Waals surface area contributed by atoms with Gasteiger partial charge in [-0.2, -0.15) is 0 Å². The molecule has 0 spiro atoms. The number of aliphatic hydroxyl groups is 1. The summed E-state index contributed by atoms with van der Waals surface area (Å²) in [6.07, 6.45) is 2.35. The van der Waals surface area contributed by atoms with Crippen molar-refractivity contribution in [2.75, 3.05) is 46.9 Å². The molecule has 2 atom stereocenters. The van der Waals surface area contributed by atoms with E-state index >= 15 is 0 Å². The molecule has 0 aliphatic carbocycles. The average Bonchev–Trinajstić information content (AvgIpc) is 2.54. The topological polar surface area (TPSA) is 65.9 Å². The number of piperazine rings is 1. The first kappa shape index (κ1) is 15.9. The number of aliphatic hydroxyl groups excluding tert-OH is 1. The molecular weight excluding hydrogens is 270 g/mol. The highest BCUT2D eigenvalue weighted by Crippen LogP contribution is 2.24. The lowest BCUT2D eigenvalue weighted by atomic mass is 9.95. The van der Waals surface area contributed by atoms with Crippen molar-refractivity contribution in [3.05, 3.63) is 30.1 Å². The molecule has 1 fully saturated rings. The van der Waals surface area contributed by atoms with Gasteiger partial charge in [-0.05, 0) is 24.7 Å². The Morgan fingerprint density at radius 2 is 1.95 bits per heavy atom. The van der Waals surface area contributed by atoms with Gasteiger partial charge in [-0.3, -0.25) is 14.7 Å². The van der Waals surface area contributed by atoms with Crippen LogP contribution in [0.2, 0.25) is 0 Å². The summed E-state index contributed by atoms with van der Waals surface area (Å²) in [6, 6.07) is 3.45. The van der Waals surface area contributed by atoms with Gasteiger partial charge in [0, 0.05) is 45.1 Å². The number of likely N-dealkylation sites (N-methyl/N-ethyl adjacent to an activating group) is 1. The fourth-order valence-electron chi connectivity index (χ4n) is 2.56. The van der Waals surface area contributed by atoms with E-state index < -0.39 is 12.0 Å². The minimum atomic E-state index is -0.875. The summed E-state index contributed by atoms with van der Waals surface area (Å²) in [5, 5.41) is 10.5. The van der Waals surface area contributed by atoms with Crippen molar-refractivity contribution in [1.82, 2.24) is 14.8 Å². The summed E-state index contributed by atoms with van der Waals surface area (Å²) in [5.74, 6) is -0.959. The summed E-state index contributed by atoms with van der Waals surface area (Å²) < 4.78 is 4.87. The number of carbonyl (C=O) groups is 1. The predicted molar refractivity (Wildman–Crippen MR) is 78.6 cm³/mol. The molecule has 1 saturated heterocycles. The van der Waals surface area contributed by atoms with Crippen LogP contribution in [-0.4, -0.2) is 72.7 Å². The summed E-state index contributed by atoms with van der Waals surface area (Å²) in [5.41, 5.74) is 0.689. The molecule has 116 valence electrons. The zero-order valence-electron chi connectivity index (χ0n) is 12.6. The molecular formula is C15H23N3O3. The molecule has 2 heterocycles. The average molecular weight is 293 g/mol. The van der Waals surface area contributed by atoms with E-state index in [1.165, 1.54) is 7.11 Å². The Kier molecular flexibility index (Phi) is 5.67. The Morgan fingerprint density at radius 3 is 2.52 bits per heavy atom. The Labute approximate surface area is 125 Å². The van der Waals surface area contributed by atoms with Gasteiger partial charge in [-0.15, -0.1) is 0 Å². The zero-order chi connectivity index (χ0) is 15.2. The molecule has 0 aromatic carbocycles. The largest absolute Gasteiger partial charge is 0.469 e. The van der Waals surface area contributed by atoms with Crippen molar-refractivity contribution in [2.24, 2.45) is 5.92 Å². The van der Waals surface area contributed by atoms with Crippen LogP contribution in [0.1, 0.15) is 11.7 Å². The molecule has 1 aliphatic rings. The number of rotatable bonds is 5. The van der Waals surface area contributed by atoms with Crippen LogP contribution in [0.25, 0.3) is 0 Å². The lowest BCUT2D eigenvalue weighted by Crippen LogP contribution is -2.47. The van der Waals surface area contributed by atoms with Crippen LogP contribution in [0.15, 0.2) is 24.5 Å². The molecule has 0 bridgehead atoms.